The first-order valence-electron chi connectivity index (χ1n) is 10.2. The normalized spacial score (nSPS) is 11.1. The van der Waals surface area contributed by atoms with Gasteiger partial charge in [0.05, 0.1) is 6.10 Å². The van der Waals surface area contributed by atoms with Crippen LogP contribution in [0.25, 0.3) is 0 Å². The summed E-state index contributed by atoms with van der Waals surface area (Å²) >= 11 is 0. The lowest BCUT2D eigenvalue weighted by Crippen LogP contribution is -2.40. The fraction of sp³-hybridized carbons (Fsp3) is 0.261. The van der Waals surface area contributed by atoms with Gasteiger partial charge in [0, 0.05) is 45.0 Å². The highest BCUT2D eigenvalue weighted by atomic mass is 16.6. The Hall–Kier alpha value is -4.45. The largest absolute Gasteiger partial charge is 0.504 e. The smallest absolute Gasteiger partial charge is 0.308 e. The van der Waals surface area contributed by atoms with Crippen molar-refractivity contribution >= 4 is 29.7 Å². The zero-order valence-corrected chi connectivity index (χ0v) is 19.1. The predicted octanol–water partition coefficient (Wildman–Crippen LogP) is 0.689. The molecule has 4 N–H and O–H groups in total. The maximum absolute atomic E-state index is 12.4. The second-order valence-corrected chi connectivity index (χ2v) is 7.20. The van der Waals surface area contributed by atoms with Crippen molar-refractivity contribution in [2.24, 2.45) is 0 Å². The number of amides is 2. The number of benzene rings is 2. The Balaban J connectivity index is 1.94. The van der Waals surface area contributed by atoms with Gasteiger partial charge >= 0.3 is 17.9 Å². The van der Waals surface area contributed by atoms with Crippen molar-refractivity contribution in [3.63, 3.8) is 0 Å². The number of aliphatic hydroxyl groups is 1. The van der Waals surface area contributed by atoms with Crippen molar-refractivity contribution in [3.8, 4) is 23.0 Å². The first-order chi connectivity index (χ1) is 16.5. The third-order valence-corrected chi connectivity index (χ3v) is 4.19. The van der Waals surface area contributed by atoms with Crippen LogP contribution in [0.3, 0.4) is 0 Å². The molecule has 0 aliphatic rings. The number of nitrogens with one attached hydrogen (secondary N) is 2. The third-order valence-electron chi connectivity index (χ3n) is 4.19. The van der Waals surface area contributed by atoms with Crippen molar-refractivity contribution in [1.82, 2.24) is 10.6 Å². The molecule has 35 heavy (non-hydrogen) atoms. The molecule has 0 aliphatic heterocycles. The van der Waals surface area contributed by atoms with Crippen LogP contribution in [0.2, 0.25) is 0 Å². The lowest BCUT2D eigenvalue weighted by Gasteiger charge is -2.14. The number of phenolic OH excluding ortho intramolecular Hbond substituents is 1. The molecule has 186 valence electrons. The molecule has 0 bridgehead atoms. The first kappa shape index (κ1) is 26.8. The molecule has 2 amide bonds. The zero-order valence-electron chi connectivity index (χ0n) is 19.1. The molecule has 0 fully saturated rings. The van der Waals surface area contributed by atoms with E-state index in [2.05, 4.69) is 10.6 Å². The van der Waals surface area contributed by atoms with E-state index >= 15 is 0 Å². The Labute approximate surface area is 199 Å². The number of carbonyl (C=O) groups excluding carboxylic acids is 5. The Morgan fingerprint density at radius 1 is 0.714 bits per heavy atom. The summed E-state index contributed by atoms with van der Waals surface area (Å²) in [6.07, 6.45) is -1.17. The van der Waals surface area contributed by atoms with Crippen LogP contribution < -0.4 is 24.8 Å². The van der Waals surface area contributed by atoms with Gasteiger partial charge in [0.25, 0.3) is 11.8 Å². The van der Waals surface area contributed by atoms with Crippen LogP contribution in [-0.4, -0.2) is 59.1 Å². The minimum Gasteiger partial charge on any atom is -0.504 e. The predicted molar refractivity (Wildman–Crippen MR) is 119 cm³/mol. The number of aromatic hydroxyl groups is 1. The van der Waals surface area contributed by atoms with E-state index in [0.717, 1.165) is 13.8 Å². The average Bonchev–Trinajstić information content (AvgIpc) is 2.77. The molecule has 0 aromatic heterocycles. The first-order valence-corrected chi connectivity index (χ1v) is 10.2. The van der Waals surface area contributed by atoms with E-state index < -0.39 is 35.8 Å². The molecule has 0 saturated heterocycles. The summed E-state index contributed by atoms with van der Waals surface area (Å²) in [7, 11) is 0. The van der Waals surface area contributed by atoms with E-state index in [1.165, 1.54) is 43.3 Å². The number of esters is 3. The van der Waals surface area contributed by atoms with E-state index in [0.29, 0.717) is 0 Å². The van der Waals surface area contributed by atoms with Crippen molar-refractivity contribution in [2.75, 3.05) is 13.1 Å². The molecule has 1 unspecified atom stereocenters. The number of hydrogen-bond acceptors (Lipinski definition) is 10. The number of rotatable bonds is 9. The fourth-order valence-electron chi connectivity index (χ4n) is 2.71. The van der Waals surface area contributed by atoms with E-state index in [1.807, 2.05) is 0 Å². The Bertz CT molecular complexity index is 1150. The SMILES string of the molecule is CC(=O)Oc1cc(C(=O)NCC(O)CNC(=O)c2ccc(OC(C)=O)c(OC(C)=O)c2)ccc1O. The van der Waals surface area contributed by atoms with Gasteiger partial charge < -0.3 is 35.1 Å². The second kappa shape index (κ2) is 12.1. The number of phenols is 1. The van der Waals surface area contributed by atoms with E-state index in [4.69, 9.17) is 14.2 Å². The lowest BCUT2D eigenvalue weighted by molar-refractivity contribution is -0.134. The third kappa shape index (κ3) is 8.44. The molecular formula is C23H24N2O10. The monoisotopic (exact) mass is 488 g/mol. The number of carbonyl (C=O) groups is 5. The van der Waals surface area contributed by atoms with Gasteiger partial charge in [-0.05, 0) is 36.4 Å². The van der Waals surface area contributed by atoms with Crippen LogP contribution in [-0.2, 0) is 14.4 Å². The van der Waals surface area contributed by atoms with Gasteiger partial charge in [0.15, 0.2) is 23.0 Å². The molecule has 12 nitrogen and oxygen atoms in total. The van der Waals surface area contributed by atoms with Gasteiger partial charge in [-0.1, -0.05) is 0 Å². The molecule has 2 rings (SSSR count). The summed E-state index contributed by atoms with van der Waals surface area (Å²) in [4.78, 5) is 58.3. The van der Waals surface area contributed by atoms with Crippen LogP contribution in [0.1, 0.15) is 41.5 Å². The van der Waals surface area contributed by atoms with Crippen LogP contribution in [0, 0.1) is 0 Å². The highest BCUT2D eigenvalue weighted by Gasteiger charge is 2.17. The molecule has 0 radical (unpaired) electrons. The fourth-order valence-corrected chi connectivity index (χ4v) is 2.71. The number of aliphatic hydroxyl groups excluding tert-OH is 1. The lowest BCUT2D eigenvalue weighted by atomic mass is 10.1. The van der Waals surface area contributed by atoms with Gasteiger partial charge in [-0.25, -0.2) is 0 Å². The molecule has 12 heteroatoms. The van der Waals surface area contributed by atoms with Gasteiger partial charge in [-0.15, -0.1) is 0 Å². The Morgan fingerprint density at radius 3 is 1.66 bits per heavy atom. The highest BCUT2D eigenvalue weighted by molar-refractivity contribution is 5.96. The topological polar surface area (TPSA) is 178 Å². The van der Waals surface area contributed by atoms with Crippen molar-refractivity contribution in [1.29, 1.82) is 0 Å². The van der Waals surface area contributed by atoms with Gasteiger partial charge in [0.2, 0.25) is 0 Å². The average molecular weight is 488 g/mol. The molecule has 0 saturated carbocycles. The summed E-state index contributed by atoms with van der Waals surface area (Å²) in [5.41, 5.74) is 0.136. The van der Waals surface area contributed by atoms with Crippen LogP contribution >= 0.6 is 0 Å². The molecule has 0 spiro atoms. The molecule has 2 aromatic rings. The summed E-state index contributed by atoms with van der Waals surface area (Å²) in [6.45, 7) is 2.99. The molecule has 2 aromatic carbocycles. The minimum absolute atomic E-state index is 0.0434. The quantitative estimate of drug-likeness (QED) is 0.290. The van der Waals surface area contributed by atoms with Gasteiger partial charge in [0.1, 0.15) is 0 Å². The standard InChI is InChI=1S/C23H24N2O10/c1-12(26)33-19-7-5-16(9-21(19)35-14(3)28)23(32)25-11-17(29)10-24-22(31)15-4-6-18(30)20(8-15)34-13(2)27/h4-9,17,29-30H,10-11H2,1-3H3,(H,24,31)(H,25,32). The molecular weight excluding hydrogens is 464 g/mol. The van der Waals surface area contributed by atoms with Crippen LogP contribution in [0.5, 0.6) is 23.0 Å². The zero-order chi connectivity index (χ0) is 26.1. The van der Waals surface area contributed by atoms with E-state index in [9.17, 15) is 34.2 Å². The van der Waals surface area contributed by atoms with Gasteiger partial charge in [-0.2, -0.15) is 0 Å². The maximum Gasteiger partial charge on any atom is 0.308 e. The molecule has 0 heterocycles. The summed E-state index contributed by atoms with van der Waals surface area (Å²) in [5.74, 6) is -3.92. The Morgan fingerprint density at radius 2 is 1.14 bits per heavy atom. The van der Waals surface area contributed by atoms with Gasteiger partial charge in [-0.3, -0.25) is 24.0 Å². The number of ether oxygens (including phenoxy) is 3. The maximum atomic E-state index is 12.4. The number of hydrogen-bond donors (Lipinski definition) is 4. The minimum atomic E-state index is -1.17. The molecule has 0 aliphatic carbocycles. The van der Waals surface area contributed by atoms with E-state index in [-0.39, 0.29) is 47.2 Å². The highest BCUT2D eigenvalue weighted by Crippen LogP contribution is 2.29. The second-order valence-electron chi connectivity index (χ2n) is 7.20. The molecule has 1 atom stereocenters. The van der Waals surface area contributed by atoms with Crippen LogP contribution in [0.15, 0.2) is 36.4 Å². The van der Waals surface area contributed by atoms with Crippen molar-refractivity contribution in [3.05, 3.63) is 47.5 Å². The summed E-state index contributed by atoms with van der Waals surface area (Å²) in [5, 5.41) is 24.7. The van der Waals surface area contributed by atoms with E-state index in [1.54, 1.807) is 0 Å². The summed E-state index contributed by atoms with van der Waals surface area (Å²) in [6, 6.07) is 7.47. The van der Waals surface area contributed by atoms with Crippen LogP contribution in [0.4, 0.5) is 0 Å². The summed E-state index contributed by atoms with van der Waals surface area (Å²) < 4.78 is 14.7. The van der Waals surface area contributed by atoms with Crippen molar-refractivity contribution in [2.45, 2.75) is 26.9 Å². The van der Waals surface area contributed by atoms with Crippen molar-refractivity contribution < 1.29 is 48.4 Å². The Kier molecular flexibility index (Phi) is 9.29.